The molecule has 0 unspecified atom stereocenters. The largest absolute Gasteiger partial charge is 0.349 e. The molecule has 18 heteroatoms. The minimum Gasteiger partial charge on any atom is -0.289 e. The molecule has 33 heavy (non-hydrogen) atoms. The summed E-state index contributed by atoms with van der Waals surface area (Å²) in [4.78, 5) is 24.2. The summed E-state index contributed by atoms with van der Waals surface area (Å²) in [6, 6.07) is 5.16. The molecular weight excluding hydrogens is 528 g/mol. The predicted molar refractivity (Wildman–Crippen MR) is 108 cm³/mol. The molecule has 1 aliphatic carbocycles. The van der Waals surface area contributed by atoms with Crippen molar-refractivity contribution in [1.82, 2.24) is 7.84 Å². The molecule has 0 bridgehead atoms. The first-order chi connectivity index (χ1) is 14.9. The Labute approximate surface area is 187 Å². The third-order valence-corrected chi connectivity index (χ3v) is 10.4. The van der Waals surface area contributed by atoms with Crippen LogP contribution in [0.5, 0.6) is 0 Å². The van der Waals surface area contributed by atoms with E-state index in [1.54, 1.807) is 0 Å². The Morgan fingerprint density at radius 3 is 1.94 bits per heavy atom. The quantitative estimate of drug-likeness (QED) is 0.319. The second kappa shape index (κ2) is 7.74. The normalized spacial score (nSPS) is 14.8. The highest BCUT2D eigenvalue weighted by molar-refractivity contribution is 8.02. The summed E-state index contributed by atoms with van der Waals surface area (Å²) in [6.07, 6.45) is 0. The fraction of sp³-hybridized carbons (Fsp3) is 0.0667. The minimum absolute atomic E-state index is 0.351. The van der Waals surface area contributed by atoms with Crippen LogP contribution >= 0.6 is 0 Å². The molecule has 0 atom stereocenters. The average molecular weight is 541 g/mol. The number of hydrogen-bond donors (Lipinski definition) is 3. The van der Waals surface area contributed by atoms with Gasteiger partial charge >= 0.3 is 20.6 Å². The number of carbonyl (C=O) groups excluding carboxylic acids is 2. The van der Waals surface area contributed by atoms with Crippen LogP contribution in [0.4, 0.5) is 0 Å². The zero-order valence-electron chi connectivity index (χ0n) is 16.0. The Balaban J connectivity index is 2.27. The lowest BCUT2D eigenvalue weighted by atomic mass is 9.84. The number of hydrogen-bond acceptors (Lipinski definition) is 10. The second-order valence-electron chi connectivity index (χ2n) is 6.47. The van der Waals surface area contributed by atoms with Crippen molar-refractivity contribution >= 4 is 52.2 Å². The molecule has 1 aliphatic rings. The van der Waals surface area contributed by atoms with E-state index in [0.717, 1.165) is 34.5 Å². The highest BCUT2D eigenvalue weighted by Gasteiger charge is 2.39. The van der Waals surface area contributed by atoms with Gasteiger partial charge in [-0.15, -0.1) is 0 Å². The van der Waals surface area contributed by atoms with Crippen LogP contribution < -0.4 is 4.13 Å². The molecule has 178 valence electrons. The summed E-state index contributed by atoms with van der Waals surface area (Å²) >= 11 is 0. The first-order valence-corrected chi connectivity index (χ1v) is 14.0. The van der Waals surface area contributed by atoms with Crippen LogP contribution in [-0.2, 0) is 40.7 Å². The van der Waals surface area contributed by atoms with Gasteiger partial charge in [0.2, 0.25) is 0 Å². The van der Waals surface area contributed by atoms with Gasteiger partial charge in [0.1, 0.15) is 0 Å². The predicted octanol–water partition coefficient (Wildman–Crippen LogP) is -1.03. The summed E-state index contributed by atoms with van der Waals surface area (Å²) < 4.78 is 113. The average Bonchev–Trinajstić information content (AvgIpc) is 2.68. The van der Waals surface area contributed by atoms with Crippen molar-refractivity contribution in [2.45, 2.75) is 9.79 Å². The molecule has 0 fully saturated rings. The van der Waals surface area contributed by atoms with Crippen LogP contribution in [0.2, 0.25) is 0 Å². The summed E-state index contributed by atoms with van der Waals surface area (Å²) in [5.74, 6) is -2.12. The van der Waals surface area contributed by atoms with Crippen molar-refractivity contribution in [2.75, 3.05) is 7.05 Å². The third kappa shape index (κ3) is 4.46. The van der Waals surface area contributed by atoms with Crippen LogP contribution in [-0.4, -0.2) is 65.1 Å². The van der Waals surface area contributed by atoms with Gasteiger partial charge in [0, 0.05) is 23.7 Å². The van der Waals surface area contributed by atoms with E-state index in [2.05, 4.69) is 0 Å². The van der Waals surface area contributed by atoms with Crippen LogP contribution in [0.25, 0.3) is 0 Å². The number of nitrogens with zero attached hydrogens (tertiary/aromatic N) is 1. The summed E-state index contributed by atoms with van der Waals surface area (Å²) in [5, 5.41) is 0. The van der Waals surface area contributed by atoms with Crippen molar-refractivity contribution in [1.29, 1.82) is 0 Å². The highest BCUT2D eigenvalue weighted by atomic mass is 32.3. The van der Waals surface area contributed by atoms with Gasteiger partial charge in [-0.05, 0) is 24.3 Å². The van der Waals surface area contributed by atoms with Crippen molar-refractivity contribution in [3.8, 4) is 0 Å². The molecule has 14 nitrogen and oxygen atoms in total. The molecule has 0 saturated carbocycles. The monoisotopic (exact) mass is 540 g/mol. The Kier molecular flexibility index (Phi) is 5.87. The Morgan fingerprint density at radius 2 is 1.39 bits per heavy atom. The van der Waals surface area contributed by atoms with Crippen LogP contribution in [0.1, 0.15) is 31.8 Å². The molecule has 2 aromatic carbocycles. The molecule has 0 saturated heterocycles. The number of benzene rings is 2. The van der Waals surface area contributed by atoms with Crippen molar-refractivity contribution < 1.29 is 52.4 Å². The lowest BCUT2D eigenvalue weighted by Gasteiger charge is -2.22. The summed E-state index contributed by atoms with van der Waals surface area (Å²) in [6.45, 7) is 0. The maximum absolute atomic E-state index is 13.1. The number of nitrogens with one attached hydrogen (secondary N) is 1. The Bertz CT molecular complexity index is 1660. The van der Waals surface area contributed by atoms with Gasteiger partial charge in [0.25, 0.3) is 20.0 Å². The smallest absolute Gasteiger partial charge is 0.289 e. The van der Waals surface area contributed by atoms with E-state index in [4.69, 9.17) is 9.11 Å². The molecule has 3 rings (SSSR count). The van der Waals surface area contributed by atoms with Crippen molar-refractivity contribution in [3.63, 3.8) is 0 Å². The standard InChI is InChI=1S/C15H12N2O12S4/c1-17(33(27,28)29)31(22,23)12-4-2-3-10-13(12)15(19)11-7-8(5-6-9(11)14(10)18)30(20,21)16-32(24,25)26/h2-7,16H,1H3,(H,24,25,26)(H,27,28,29). The first-order valence-electron chi connectivity index (χ1n) is 8.22. The minimum atomic E-state index is -5.29. The molecule has 0 aliphatic heterocycles. The first kappa shape index (κ1) is 25.1. The summed E-state index contributed by atoms with van der Waals surface area (Å²) in [7, 11) is -20.0. The zero-order valence-corrected chi connectivity index (χ0v) is 19.3. The molecule has 2 aromatic rings. The number of carbonyl (C=O) groups is 2. The molecule has 0 amide bonds. The van der Waals surface area contributed by atoms with Gasteiger partial charge in [0.05, 0.1) is 15.4 Å². The Morgan fingerprint density at radius 1 is 0.788 bits per heavy atom. The van der Waals surface area contributed by atoms with Gasteiger partial charge in [-0.2, -0.15) is 16.8 Å². The summed E-state index contributed by atoms with van der Waals surface area (Å²) in [5.41, 5.74) is -2.22. The van der Waals surface area contributed by atoms with E-state index in [1.165, 1.54) is 0 Å². The second-order valence-corrected chi connectivity index (χ2v) is 13.2. The van der Waals surface area contributed by atoms with Crippen LogP contribution in [0, 0.1) is 0 Å². The van der Waals surface area contributed by atoms with E-state index in [9.17, 15) is 43.3 Å². The molecule has 3 N–H and O–H groups in total. The van der Waals surface area contributed by atoms with Gasteiger partial charge in [-0.3, -0.25) is 18.7 Å². The van der Waals surface area contributed by atoms with E-state index in [-0.39, 0.29) is 5.56 Å². The number of rotatable bonds is 6. The highest BCUT2D eigenvalue weighted by Crippen LogP contribution is 2.34. The Hall–Kier alpha value is -2.58. The number of ketones is 2. The maximum Gasteiger partial charge on any atom is 0.349 e. The fourth-order valence-corrected chi connectivity index (χ4v) is 7.21. The number of fused-ring (bicyclic) bond motifs is 2. The van der Waals surface area contributed by atoms with Crippen LogP contribution in [0.3, 0.4) is 0 Å². The molecular formula is C15H12N2O12S4. The molecule has 0 aromatic heterocycles. The van der Waals surface area contributed by atoms with Gasteiger partial charge in [-0.1, -0.05) is 20.0 Å². The SMILES string of the molecule is CN(S(=O)(=O)O)S(=O)(=O)c1cccc2c1C(=O)c1cc(S(=O)(=O)NS(=O)(=O)O)ccc1C2=O. The third-order valence-electron chi connectivity index (χ3n) is 4.44. The molecule has 0 heterocycles. The van der Waals surface area contributed by atoms with E-state index >= 15 is 0 Å². The zero-order chi connectivity index (χ0) is 25.1. The van der Waals surface area contributed by atoms with Gasteiger partial charge in [0.15, 0.2) is 11.6 Å². The van der Waals surface area contributed by atoms with Gasteiger partial charge in [-0.25, -0.2) is 16.8 Å². The van der Waals surface area contributed by atoms with Crippen molar-refractivity contribution in [2.24, 2.45) is 0 Å². The van der Waals surface area contributed by atoms with E-state index in [0.29, 0.717) is 13.1 Å². The molecule has 0 radical (unpaired) electrons. The fourth-order valence-electron chi connectivity index (χ4n) is 2.97. The van der Waals surface area contributed by atoms with Gasteiger partial charge < -0.3 is 0 Å². The van der Waals surface area contributed by atoms with E-state index in [1.807, 2.05) is 0 Å². The van der Waals surface area contributed by atoms with Crippen molar-refractivity contribution in [3.05, 3.63) is 58.7 Å². The molecule has 0 spiro atoms. The van der Waals surface area contributed by atoms with Crippen LogP contribution in [0.15, 0.2) is 46.2 Å². The number of sulfonamides is 2. The van der Waals surface area contributed by atoms with E-state index < -0.39 is 82.4 Å². The maximum atomic E-state index is 13.1. The lowest BCUT2D eigenvalue weighted by Crippen LogP contribution is -2.35. The topological polar surface area (TPSA) is 226 Å². The lowest BCUT2D eigenvalue weighted by molar-refractivity contribution is 0.0976.